The minimum Gasteiger partial charge on any atom is -0.404 e. The van der Waals surface area contributed by atoms with Gasteiger partial charge in [0.2, 0.25) is 0 Å². The quantitative estimate of drug-likeness (QED) is 0.861. The van der Waals surface area contributed by atoms with Crippen LogP contribution in [0.2, 0.25) is 0 Å². The van der Waals surface area contributed by atoms with Crippen molar-refractivity contribution in [3.05, 3.63) is 22.7 Å². The molecular weight excluding hydrogens is 337 g/mol. The van der Waals surface area contributed by atoms with Gasteiger partial charge in [-0.05, 0) is 37.6 Å². The fourth-order valence-electron chi connectivity index (χ4n) is 2.18. The summed E-state index contributed by atoms with van der Waals surface area (Å²) in [5, 5.41) is 6.36. The summed E-state index contributed by atoms with van der Waals surface area (Å²) in [6.07, 6.45) is -1.37. The van der Waals surface area contributed by atoms with Gasteiger partial charge in [0.25, 0.3) is 0 Å². The zero-order valence-electron chi connectivity index (χ0n) is 10.8. The zero-order valence-corrected chi connectivity index (χ0v) is 12.4. The largest absolute Gasteiger partial charge is 0.573 e. The molecule has 0 amide bonds. The van der Waals surface area contributed by atoms with Crippen LogP contribution in [0.25, 0.3) is 0 Å². The molecule has 0 aromatic heterocycles. The lowest BCUT2D eigenvalue weighted by Crippen LogP contribution is -2.39. The molecule has 1 aliphatic rings. The second-order valence-electron chi connectivity index (χ2n) is 4.72. The molecule has 0 saturated carbocycles. The second kappa shape index (κ2) is 6.67. The van der Waals surface area contributed by atoms with Crippen molar-refractivity contribution in [2.24, 2.45) is 0 Å². The number of benzene rings is 1. The minimum atomic E-state index is -4.69. The van der Waals surface area contributed by atoms with Gasteiger partial charge in [-0.3, -0.25) is 0 Å². The van der Waals surface area contributed by atoms with Gasteiger partial charge in [-0.15, -0.1) is 13.2 Å². The van der Waals surface area contributed by atoms with Gasteiger partial charge in [0.05, 0.1) is 5.69 Å². The van der Waals surface area contributed by atoms with Crippen LogP contribution in [-0.2, 0) is 0 Å². The van der Waals surface area contributed by atoms with Gasteiger partial charge >= 0.3 is 6.36 Å². The molecule has 0 bridgehead atoms. The Kier molecular flexibility index (Phi) is 5.15. The molecule has 7 heteroatoms. The molecule has 1 fully saturated rings. The smallest absolute Gasteiger partial charge is 0.404 e. The van der Waals surface area contributed by atoms with E-state index in [1.807, 2.05) is 0 Å². The highest BCUT2D eigenvalue weighted by molar-refractivity contribution is 9.10. The van der Waals surface area contributed by atoms with E-state index < -0.39 is 6.36 Å². The van der Waals surface area contributed by atoms with Crippen molar-refractivity contribution < 1.29 is 17.9 Å². The normalized spacial score (nSPS) is 19.7. The molecule has 2 rings (SSSR count). The van der Waals surface area contributed by atoms with E-state index in [4.69, 9.17) is 0 Å². The summed E-state index contributed by atoms with van der Waals surface area (Å²) in [5.41, 5.74) is 0.345. The van der Waals surface area contributed by atoms with Gasteiger partial charge in [0, 0.05) is 17.1 Å². The highest BCUT2D eigenvalue weighted by Crippen LogP contribution is 2.33. The zero-order chi connectivity index (χ0) is 14.6. The van der Waals surface area contributed by atoms with Crippen molar-refractivity contribution >= 4 is 21.6 Å². The fourth-order valence-corrected chi connectivity index (χ4v) is 2.52. The Hall–Kier alpha value is -0.950. The van der Waals surface area contributed by atoms with E-state index >= 15 is 0 Å². The highest BCUT2D eigenvalue weighted by atomic mass is 79.9. The predicted molar refractivity (Wildman–Crippen MR) is 75.0 cm³/mol. The molecule has 1 aromatic rings. The van der Waals surface area contributed by atoms with Crippen LogP contribution in [0.1, 0.15) is 19.3 Å². The molecule has 112 valence electrons. The summed E-state index contributed by atoms with van der Waals surface area (Å²) in [6.45, 7) is 1.54. The van der Waals surface area contributed by atoms with Crippen LogP contribution in [0, 0.1) is 0 Å². The van der Waals surface area contributed by atoms with Crippen molar-refractivity contribution in [1.82, 2.24) is 5.32 Å². The number of ether oxygens (including phenoxy) is 1. The summed E-state index contributed by atoms with van der Waals surface area (Å²) in [4.78, 5) is 0. The number of anilines is 1. The molecule has 0 spiro atoms. The van der Waals surface area contributed by atoms with Crippen LogP contribution in [0.3, 0.4) is 0 Å². The number of alkyl halides is 3. The van der Waals surface area contributed by atoms with E-state index in [0.717, 1.165) is 25.8 Å². The van der Waals surface area contributed by atoms with E-state index in [1.165, 1.54) is 6.07 Å². The summed E-state index contributed by atoms with van der Waals surface area (Å²) in [6, 6.07) is 4.85. The lowest BCUT2D eigenvalue weighted by Gasteiger charge is -2.24. The SMILES string of the molecule is FC(F)(F)Oc1cc(Br)ccc1NCC1CCCCN1. The maximum Gasteiger partial charge on any atom is 0.573 e. The van der Waals surface area contributed by atoms with Gasteiger partial charge in [-0.1, -0.05) is 22.4 Å². The minimum absolute atomic E-state index is 0.220. The Morgan fingerprint density at radius 2 is 2.15 bits per heavy atom. The first-order chi connectivity index (χ1) is 9.44. The van der Waals surface area contributed by atoms with Gasteiger partial charge in [0.1, 0.15) is 0 Å². The van der Waals surface area contributed by atoms with Crippen LogP contribution < -0.4 is 15.4 Å². The van der Waals surface area contributed by atoms with E-state index in [0.29, 0.717) is 16.7 Å². The van der Waals surface area contributed by atoms with Crippen LogP contribution in [0.5, 0.6) is 5.75 Å². The van der Waals surface area contributed by atoms with Gasteiger partial charge < -0.3 is 15.4 Å². The van der Waals surface area contributed by atoms with Gasteiger partial charge in [-0.2, -0.15) is 0 Å². The average molecular weight is 353 g/mol. The Morgan fingerprint density at radius 1 is 1.35 bits per heavy atom. The number of halogens is 4. The van der Waals surface area contributed by atoms with Gasteiger partial charge in [0.15, 0.2) is 5.75 Å². The summed E-state index contributed by atoms with van der Waals surface area (Å²) in [5.74, 6) is -0.220. The Balaban J connectivity index is 2.02. The molecule has 1 heterocycles. The number of nitrogens with one attached hydrogen (secondary N) is 2. The molecule has 0 aliphatic carbocycles. The molecule has 2 N–H and O–H groups in total. The molecule has 1 unspecified atom stereocenters. The number of hydrogen-bond donors (Lipinski definition) is 2. The molecule has 20 heavy (non-hydrogen) atoms. The molecule has 1 aromatic carbocycles. The van der Waals surface area contributed by atoms with E-state index in [-0.39, 0.29) is 11.8 Å². The summed E-state index contributed by atoms with van der Waals surface area (Å²) < 4.78 is 41.7. The first-order valence-electron chi connectivity index (χ1n) is 6.46. The van der Waals surface area contributed by atoms with Crippen LogP contribution in [0.15, 0.2) is 22.7 Å². The molecule has 1 atom stereocenters. The first kappa shape index (κ1) is 15.4. The fraction of sp³-hybridized carbons (Fsp3) is 0.538. The topological polar surface area (TPSA) is 33.3 Å². The van der Waals surface area contributed by atoms with Crippen LogP contribution in [-0.4, -0.2) is 25.5 Å². The lowest BCUT2D eigenvalue weighted by atomic mass is 10.1. The van der Waals surface area contributed by atoms with Crippen molar-refractivity contribution in [1.29, 1.82) is 0 Å². The predicted octanol–water partition coefficient (Wildman–Crippen LogP) is 3.90. The Labute approximate surface area is 124 Å². The maximum atomic E-state index is 12.4. The molecule has 1 aliphatic heterocycles. The second-order valence-corrected chi connectivity index (χ2v) is 5.63. The maximum absolute atomic E-state index is 12.4. The van der Waals surface area contributed by atoms with E-state index in [2.05, 4.69) is 31.3 Å². The number of hydrogen-bond acceptors (Lipinski definition) is 3. The first-order valence-corrected chi connectivity index (χ1v) is 7.26. The number of rotatable bonds is 4. The highest BCUT2D eigenvalue weighted by Gasteiger charge is 2.32. The molecule has 1 saturated heterocycles. The molecule has 3 nitrogen and oxygen atoms in total. The van der Waals surface area contributed by atoms with Crippen molar-refractivity contribution in [3.8, 4) is 5.75 Å². The summed E-state index contributed by atoms with van der Waals surface area (Å²) >= 11 is 3.14. The van der Waals surface area contributed by atoms with Gasteiger partial charge in [-0.25, -0.2) is 0 Å². The lowest BCUT2D eigenvalue weighted by molar-refractivity contribution is -0.274. The monoisotopic (exact) mass is 352 g/mol. The third-order valence-electron chi connectivity index (χ3n) is 3.12. The molecule has 0 radical (unpaired) electrons. The van der Waals surface area contributed by atoms with E-state index in [1.54, 1.807) is 12.1 Å². The van der Waals surface area contributed by atoms with Crippen molar-refractivity contribution in [3.63, 3.8) is 0 Å². The Morgan fingerprint density at radius 3 is 2.80 bits per heavy atom. The standard InChI is InChI=1S/C13H16BrF3N2O/c14-9-4-5-11(12(7-9)20-13(15,16)17)19-8-10-3-1-2-6-18-10/h4-5,7,10,18-19H,1-3,6,8H2. The van der Waals surface area contributed by atoms with Crippen molar-refractivity contribution in [2.75, 3.05) is 18.4 Å². The van der Waals surface area contributed by atoms with Crippen LogP contribution in [0.4, 0.5) is 18.9 Å². The van der Waals surface area contributed by atoms with E-state index in [9.17, 15) is 13.2 Å². The third kappa shape index (κ3) is 4.86. The molecular formula is C13H16BrF3N2O. The third-order valence-corrected chi connectivity index (χ3v) is 3.61. The average Bonchev–Trinajstić information content (AvgIpc) is 2.37. The Bertz CT molecular complexity index is 448. The summed E-state index contributed by atoms with van der Waals surface area (Å²) in [7, 11) is 0. The van der Waals surface area contributed by atoms with Crippen molar-refractivity contribution in [2.45, 2.75) is 31.7 Å². The van der Waals surface area contributed by atoms with Crippen LogP contribution >= 0.6 is 15.9 Å². The number of piperidine rings is 1.